The Bertz CT molecular complexity index is 569. The van der Waals surface area contributed by atoms with Gasteiger partial charge in [0.25, 0.3) is 0 Å². The minimum atomic E-state index is 0.0922. The first-order chi connectivity index (χ1) is 9.65. The Morgan fingerprint density at radius 3 is 2.70 bits per heavy atom. The quantitative estimate of drug-likeness (QED) is 0.644. The number of hydrogen-bond donors (Lipinski definition) is 1. The molecule has 4 heteroatoms. The van der Waals surface area contributed by atoms with Gasteiger partial charge < -0.3 is 5.73 Å². The number of anilines is 1. The summed E-state index contributed by atoms with van der Waals surface area (Å²) in [5.74, 6) is 0.0922. The summed E-state index contributed by atoms with van der Waals surface area (Å²) in [5.41, 5.74) is 8.20. The zero-order valence-corrected chi connectivity index (χ0v) is 11.6. The lowest BCUT2D eigenvalue weighted by atomic mass is 10.1. The SMILES string of the molecule is CN(CCc1ccncc1)CC(=O)c1cccc(N)c1. The molecule has 4 nitrogen and oxygen atoms in total. The molecule has 0 aliphatic carbocycles. The van der Waals surface area contributed by atoms with E-state index in [4.69, 9.17) is 5.73 Å². The third-order valence-corrected chi connectivity index (χ3v) is 3.15. The number of hydrogen-bond acceptors (Lipinski definition) is 4. The normalized spacial score (nSPS) is 10.7. The molecule has 2 rings (SSSR count). The van der Waals surface area contributed by atoms with Crippen LogP contribution in [-0.2, 0) is 6.42 Å². The molecule has 0 aliphatic heterocycles. The number of carbonyl (C=O) groups is 1. The van der Waals surface area contributed by atoms with Crippen molar-refractivity contribution in [3.63, 3.8) is 0 Å². The predicted molar refractivity (Wildman–Crippen MR) is 80.6 cm³/mol. The van der Waals surface area contributed by atoms with Crippen molar-refractivity contribution in [1.82, 2.24) is 9.88 Å². The van der Waals surface area contributed by atoms with Crippen molar-refractivity contribution in [1.29, 1.82) is 0 Å². The zero-order chi connectivity index (χ0) is 14.4. The number of benzene rings is 1. The molecule has 0 radical (unpaired) electrons. The summed E-state index contributed by atoms with van der Waals surface area (Å²) in [6, 6.07) is 11.1. The van der Waals surface area contributed by atoms with Crippen LogP contribution in [0.2, 0.25) is 0 Å². The Morgan fingerprint density at radius 1 is 1.25 bits per heavy atom. The number of rotatable bonds is 6. The topological polar surface area (TPSA) is 59.2 Å². The third kappa shape index (κ3) is 4.17. The minimum absolute atomic E-state index is 0.0922. The first-order valence-corrected chi connectivity index (χ1v) is 6.61. The van der Waals surface area contributed by atoms with Crippen LogP contribution in [0.1, 0.15) is 15.9 Å². The number of aromatic nitrogens is 1. The average Bonchev–Trinajstić information content (AvgIpc) is 2.46. The number of nitrogen functional groups attached to an aromatic ring is 1. The standard InChI is InChI=1S/C16H19N3O/c1-19(10-7-13-5-8-18-9-6-13)12-16(20)14-3-2-4-15(17)11-14/h2-6,8-9,11H,7,10,12,17H2,1H3. The molecule has 0 amide bonds. The van der Waals surface area contributed by atoms with E-state index < -0.39 is 0 Å². The zero-order valence-electron chi connectivity index (χ0n) is 11.6. The molecule has 0 spiro atoms. The lowest BCUT2D eigenvalue weighted by Gasteiger charge is -2.15. The van der Waals surface area contributed by atoms with Gasteiger partial charge in [0.1, 0.15) is 0 Å². The predicted octanol–water partition coefficient (Wildman–Crippen LogP) is 2.02. The van der Waals surface area contributed by atoms with Crippen LogP contribution in [0.15, 0.2) is 48.8 Å². The second kappa shape index (κ2) is 6.82. The summed E-state index contributed by atoms with van der Waals surface area (Å²) < 4.78 is 0. The van der Waals surface area contributed by atoms with Gasteiger partial charge in [-0.2, -0.15) is 0 Å². The lowest BCUT2D eigenvalue weighted by molar-refractivity contribution is 0.0947. The highest BCUT2D eigenvalue weighted by Gasteiger charge is 2.09. The van der Waals surface area contributed by atoms with Gasteiger partial charge >= 0.3 is 0 Å². The first-order valence-electron chi connectivity index (χ1n) is 6.61. The van der Waals surface area contributed by atoms with Gasteiger partial charge in [0.15, 0.2) is 5.78 Å². The molecule has 20 heavy (non-hydrogen) atoms. The van der Waals surface area contributed by atoms with E-state index in [1.165, 1.54) is 5.56 Å². The fourth-order valence-electron chi connectivity index (χ4n) is 2.00. The molecule has 104 valence electrons. The second-order valence-corrected chi connectivity index (χ2v) is 4.89. The van der Waals surface area contributed by atoms with Gasteiger partial charge in [-0.1, -0.05) is 12.1 Å². The number of ketones is 1. The Hall–Kier alpha value is -2.20. The lowest BCUT2D eigenvalue weighted by Crippen LogP contribution is -2.28. The summed E-state index contributed by atoms with van der Waals surface area (Å²) in [6.45, 7) is 1.23. The summed E-state index contributed by atoms with van der Waals surface area (Å²) in [7, 11) is 1.95. The van der Waals surface area contributed by atoms with Crippen LogP contribution in [0.3, 0.4) is 0 Å². The van der Waals surface area contributed by atoms with Crippen molar-refractivity contribution in [2.75, 3.05) is 25.9 Å². The largest absolute Gasteiger partial charge is 0.399 e. The van der Waals surface area contributed by atoms with Crippen molar-refractivity contribution >= 4 is 11.5 Å². The van der Waals surface area contributed by atoms with Crippen molar-refractivity contribution < 1.29 is 4.79 Å². The average molecular weight is 269 g/mol. The Kier molecular flexibility index (Phi) is 4.85. The molecule has 1 heterocycles. The van der Waals surface area contributed by atoms with E-state index in [2.05, 4.69) is 4.98 Å². The maximum Gasteiger partial charge on any atom is 0.176 e. The molecule has 2 N–H and O–H groups in total. The van der Waals surface area contributed by atoms with Gasteiger partial charge in [0.05, 0.1) is 6.54 Å². The van der Waals surface area contributed by atoms with Crippen LogP contribution in [0, 0.1) is 0 Å². The molecule has 0 fully saturated rings. The molecule has 0 saturated heterocycles. The van der Waals surface area contributed by atoms with E-state index in [1.807, 2.05) is 24.1 Å². The van der Waals surface area contributed by atoms with Crippen LogP contribution < -0.4 is 5.73 Å². The monoisotopic (exact) mass is 269 g/mol. The number of carbonyl (C=O) groups excluding carboxylic acids is 1. The molecule has 2 aromatic rings. The van der Waals surface area contributed by atoms with E-state index >= 15 is 0 Å². The maximum absolute atomic E-state index is 12.1. The Morgan fingerprint density at radius 2 is 2.00 bits per heavy atom. The molecule has 0 unspecified atom stereocenters. The third-order valence-electron chi connectivity index (χ3n) is 3.15. The fourth-order valence-corrected chi connectivity index (χ4v) is 2.00. The van der Waals surface area contributed by atoms with Crippen LogP contribution >= 0.6 is 0 Å². The van der Waals surface area contributed by atoms with E-state index in [1.54, 1.807) is 36.7 Å². The number of likely N-dealkylation sites (N-methyl/N-ethyl adjacent to an activating group) is 1. The molecule has 1 aromatic carbocycles. The summed E-state index contributed by atoms with van der Waals surface area (Å²) in [5, 5.41) is 0. The Labute approximate surface area is 119 Å². The van der Waals surface area contributed by atoms with Gasteiger partial charge in [0.2, 0.25) is 0 Å². The van der Waals surface area contributed by atoms with Gasteiger partial charge in [-0.05, 0) is 43.3 Å². The number of nitrogens with zero attached hydrogens (tertiary/aromatic N) is 2. The smallest absolute Gasteiger partial charge is 0.176 e. The number of pyridine rings is 1. The molecule has 0 bridgehead atoms. The van der Waals surface area contributed by atoms with Crippen LogP contribution in [-0.4, -0.2) is 35.8 Å². The van der Waals surface area contributed by atoms with Crippen LogP contribution in [0.25, 0.3) is 0 Å². The number of Topliss-reactive ketones (excluding diaryl/α,β-unsaturated/α-hetero) is 1. The highest BCUT2D eigenvalue weighted by atomic mass is 16.1. The Balaban J connectivity index is 1.85. The molecule has 0 aliphatic rings. The molecular formula is C16H19N3O. The first kappa shape index (κ1) is 14.2. The molecular weight excluding hydrogens is 250 g/mol. The van der Waals surface area contributed by atoms with E-state index in [0.29, 0.717) is 17.8 Å². The van der Waals surface area contributed by atoms with E-state index in [-0.39, 0.29) is 5.78 Å². The van der Waals surface area contributed by atoms with E-state index in [0.717, 1.165) is 13.0 Å². The van der Waals surface area contributed by atoms with Crippen molar-refractivity contribution in [2.24, 2.45) is 0 Å². The summed E-state index contributed by atoms with van der Waals surface area (Å²) in [6.07, 6.45) is 4.48. The number of nitrogens with two attached hydrogens (primary N) is 1. The van der Waals surface area contributed by atoms with Gasteiger partial charge in [-0.15, -0.1) is 0 Å². The van der Waals surface area contributed by atoms with E-state index in [9.17, 15) is 4.79 Å². The van der Waals surface area contributed by atoms with Crippen LogP contribution in [0.4, 0.5) is 5.69 Å². The summed E-state index contributed by atoms with van der Waals surface area (Å²) >= 11 is 0. The minimum Gasteiger partial charge on any atom is -0.399 e. The molecule has 0 saturated carbocycles. The van der Waals surface area contributed by atoms with Gasteiger partial charge in [-0.25, -0.2) is 0 Å². The second-order valence-electron chi connectivity index (χ2n) is 4.89. The van der Waals surface area contributed by atoms with Crippen molar-refractivity contribution in [3.8, 4) is 0 Å². The highest BCUT2D eigenvalue weighted by molar-refractivity contribution is 5.98. The summed E-state index contributed by atoms with van der Waals surface area (Å²) in [4.78, 5) is 18.1. The fraction of sp³-hybridized carbons (Fsp3) is 0.250. The maximum atomic E-state index is 12.1. The van der Waals surface area contributed by atoms with Crippen molar-refractivity contribution in [3.05, 3.63) is 59.9 Å². The van der Waals surface area contributed by atoms with Crippen molar-refractivity contribution in [2.45, 2.75) is 6.42 Å². The van der Waals surface area contributed by atoms with Gasteiger partial charge in [-0.3, -0.25) is 14.7 Å². The molecule has 0 atom stereocenters. The highest BCUT2D eigenvalue weighted by Crippen LogP contribution is 2.08. The van der Waals surface area contributed by atoms with Gasteiger partial charge in [0, 0.05) is 30.2 Å². The molecule has 1 aromatic heterocycles. The van der Waals surface area contributed by atoms with Crippen LogP contribution in [0.5, 0.6) is 0 Å².